The Morgan fingerprint density at radius 1 is 1.00 bits per heavy atom. The Balaban J connectivity index is 2.08. The van der Waals surface area contributed by atoms with Crippen molar-refractivity contribution in [2.75, 3.05) is 6.61 Å². The Morgan fingerprint density at radius 3 is 2.67 bits per heavy atom. The Morgan fingerprint density at radius 2 is 1.83 bits per heavy atom. The van der Waals surface area contributed by atoms with Crippen LogP contribution in [0, 0.1) is 13.8 Å². The molecule has 0 spiro atoms. The van der Waals surface area contributed by atoms with Crippen molar-refractivity contribution in [3.05, 3.63) is 71.3 Å². The minimum absolute atomic E-state index is 0.711. The summed E-state index contributed by atoms with van der Waals surface area (Å²) in [7, 11) is 0. The zero-order chi connectivity index (χ0) is 16.9. The van der Waals surface area contributed by atoms with E-state index in [2.05, 4.69) is 69.3 Å². The van der Waals surface area contributed by atoms with Crippen LogP contribution in [0.25, 0.3) is 10.8 Å². The van der Waals surface area contributed by atoms with Crippen molar-refractivity contribution >= 4 is 22.7 Å². The first-order valence-corrected chi connectivity index (χ1v) is 8.45. The molecule has 0 aliphatic rings. The molecule has 3 aromatic carbocycles. The highest BCUT2D eigenvalue weighted by atomic mass is 16.5. The Bertz CT molecular complexity index is 880. The third kappa shape index (κ3) is 3.48. The molecule has 2 nitrogen and oxygen atoms in total. The number of rotatable bonds is 5. The molecule has 0 heterocycles. The molecule has 3 aromatic rings. The first-order valence-electron chi connectivity index (χ1n) is 8.45. The van der Waals surface area contributed by atoms with Crippen LogP contribution >= 0.6 is 0 Å². The summed E-state index contributed by atoms with van der Waals surface area (Å²) in [6, 6.07) is 18.8. The van der Waals surface area contributed by atoms with E-state index >= 15 is 0 Å². The second-order valence-corrected chi connectivity index (χ2v) is 6.10. The molecule has 0 unspecified atom stereocenters. The fourth-order valence-electron chi connectivity index (χ4n) is 2.74. The van der Waals surface area contributed by atoms with Crippen LogP contribution in [0.3, 0.4) is 0 Å². The van der Waals surface area contributed by atoms with Crippen molar-refractivity contribution < 1.29 is 4.74 Å². The van der Waals surface area contributed by atoms with Gasteiger partial charge in [0.15, 0.2) is 0 Å². The molecule has 0 saturated carbocycles. The molecule has 2 heteroatoms. The summed E-state index contributed by atoms with van der Waals surface area (Å²) in [6.07, 6.45) is 2.93. The SMILES string of the molecule is CCCOc1ccc2ccccc2c1C=Nc1cc(C)ccc1C. The average Bonchev–Trinajstić information content (AvgIpc) is 2.61. The summed E-state index contributed by atoms with van der Waals surface area (Å²) in [6.45, 7) is 7.00. The Kier molecular flexibility index (Phi) is 4.95. The monoisotopic (exact) mass is 317 g/mol. The minimum Gasteiger partial charge on any atom is -0.493 e. The molecular weight excluding hydrogens is 294 g/mol. The van der Waals surface area contributed by atoms with E-state index in [0.717, 1.165) is 23.4 Å². The molecule has 3 rings (SSSR count). The van der Waals surface area contributed by atoms with E-state index in [9.17, 15) is 0 Å². The van der Waals surface area contributed by atoms with Gasteiger partial charge in [-0.1, -0.05) is 49.4 Å². The molecule has 0 aliphatic carbocycles. The Hall–Kier alpha value is -2.61. The zero-order valence-electron chi connectivity index (χ0n) is 14.5. The van der Waals surface area contributed by atoms with Gasteiger partial charge in [0.05, 0.1) is 12.3 Å². The summed E-state index contributed by atoms with van der Waals surface area (Å²) in [5.41, 5.74) is 4.44. The molecule has 0 aliphatic heterocycles. The summed E-state index contributed by atoms with van der Waals surface area (Å²) in [4.78, 5) is 4.75. The molecule has 0 atom stereocenters. The van der Waals surface area contributed by atoms with Crippen molar-refractivity contribution in [3.63, 3.8) is 0 Å². The van der Waals surface area contributed by atoms with Crippen molar-refractivity contribution in [2.45, 2.75) is 27.2 Å². The predicted octanol–water partition coefficient (Wildman–Crippen LogP) is 6.00. The fraction of sp³-hybridized carbons (Fsp3) is 0.227. The van der Waals surface area contributed by atoms with E-state index in [1.54, 1.807) is 0 Å². The predicted molar refractivity (Wildman–Crippen MR) is 103 cm³/mol. The van der Waals surface area contributed by atoms with E-state index < -0.39 is 0 Å². The van der Waals surface area contributed by atoms with Gasteiger partial charge in [-0.25, -0.2) is 0 Å². The summed E-state index contributed by atoms with van der Waals surface area (Å²) >= 11 is 0. The molecule has 0 amide bonds. The standard InChI is InChI=1S/C22H23NO/c1-4-13-24-22-12-11-18-7-5-6-8-19(18)20(22)15-23-21-14-16(2)9-10-17(21)3/h5-12,14-15H,4,13H2,1-3H3. The lowest BCUT2D eigenvalue weighted by Crippen LogP contribution is -1.99. The molecule has 0 N–H and O–H groups in total. The van der Waals surface area contributed by atoms with Crippen molar-refractivity contribution in [1.82, 2.24) is 0 Å². The van der Waals surface area contributed by atoms with Crippen LogP contribution in [0.15, 0.2) is 59.6 Å². The van der Waals surface area contributed by atoms with Gasteiger partial charge in [-0.15, -0.1) is 0 Å². The van der Waals surface area contributed by atoms with E-state index in [1.807, 2.05) is 12.3 Å². The number of benzene rings is 3. The summed E-state index contributed by atoms with van der Waals surface area (Å²) < 4.78 is 5.95. The van der Waals surface area contributed by atoms with Gasteiger partial charge >= 0.3 is 0 Å². The molecule has 0 saturated heterocycles. The quantitative estimate of drug-likeness (QED) is 0.529. The fourth-order valence-corrected chi connectivity index (χ4v) is 2.74. The lowest BCUT2D eigenvalue weighted by Gasteiger charge is -2.11. The van der Waals surface area contributed by atoms with Gasteiger partial charge in [0.25, 0.3) is 0 Å². The second-order valence-electron chi connectivity index (χ2n) is 6.10. The zero-order valence-corrected chi connectivity index (χ0v) is 14.5. The average molecular weight is 317 g/mol. The third-order valence-electron chi connectivity index (χ3n) is 4.09. The highest BCUT2D eigenvalue weighted by Gasteiger charge is 2.07. The minimum atomic E-state index is 0.711. The van der Waals surface area contributed by atoms with Crippen LogP contribution in [-0.2, 0) is 0 Å². The van der Waals surface area contributed by atoms with Gasteiger partial charge in [0, 0.05) is 11.8 Å². The third-order valence-corrected chi connectivity index (χ3v) is 4.09. The van der Waals surface area contributed by atoms with Gasteiger partial charge in [-0.2, -0.15) is 0 Å². The van der Waals surface area contributed by atoms with E-state index in [-0.39, 0.29) is 0 Å². The number of aryl methyl sites for hydroxylation is 2. The Labute approximate surface area is 143 Å². The maximum Gasteiger partial charge on any atom is 0.128 e. The number of aliphatic imine (C=N–C) groups is 1. The van der Waals surface area contributed by atoms with Gasteiger partial charge in [0.2, 0.25) is 0 Å². The molecule has 0 radical (unpaired) electrons. The topological polar surface area (TPSA) is 21.6 Å². The van der Waals surface area contributed by atoms with Crippen LogP contribution < -0.4 is 4.74 Å². The lowest BCUT2D eigenvalue weighted by atomic mass is 10.0. The van der Waals surface area contributed by atoms with Gasteiger partial charge in [0.1, 0.15) is 5.75 Å². The van der Waals surface area contributed by atoms with Gasteiger partial charge in [-0.3, -0.25) is 4.99 Å². The molecular formula is C22H23NO. The van der Waals surface area contributed by atoms with Gasteiger partial charge in [-0.05, 0) is 54.3 Å². The first kappa shape index (κ1) is 16.3. The van der Waals surface area contributed by atoms with Crippen molar-refractivity contribution in [1.29, 1.82) is 0 Å². The number of hydrogen-bond acceptors (Lipinski definition) is 2. The number of nitrogens with zero attached hydrogens (tertiary/aromatic N) is 1. The molecule has 0 aromatic heterocycles. The number of fused-ring (bicyclic) bond motifs is 1. The summed E-state index contributed by atoms with van der Waals surface area (Å²) in [5.74, 6) is 0.893. The van der Waals surface area contributed by atoms with E-state index in [0.29, 0.717) is 6.61 Å². The summed E-state index contributed by atoms with van der Waals surface area (Å²) in [5, 5.41) is 2.36. The number of ether oxygens (including phenoxy) is 1. The molecule has 24 heavy (non-hydrogen) atoms. The van der Waals surface area contributed by atoms with Crippen LogP contribution in [0.5, 0.6) is 5.75 Å². The smallest absolute Gasteiger partial charge is 0.128 e. The number of hydrogen-bond donors (Lipinski definition) is 0. The maximum atomic E-state index is 5.95. The van der Waals surface area contributed by atoms with E-state index in [4.69, 9.17) is 9.73 Å². The second kappa shape index (κ2) is 7.31. The highest BCUT2D eigenvalue weighted by molar-refractivity contribution is 6.03. The van der Waals surface area contributed by atoms with E-state index in [1.165, 1.54) is 21.9 Å². The van der Waals surface area contributed by atoms with Gasteiger partial charge < -0.3 is 4.74 Å². The van der Waals surface area contributed by atoms with Crippen molar-refractivity contribution in [2.24, 2.45) is 4.99 Å². The largest absolute Gasteiger partial charge is 0.493 e. The normalized spacial score (nSPS) is 11.3. The van der Waals surface area contributed by atoms with Crippen LogP contribution in [0.2, 0.25) is 0 Å². The highest BCUT2D eigenvalue weighted by Crippen LogP contribution is 2.28. The molecule has 0 fully saturated rings. The van der Waals surface area contributed by atoms with Crippen molar-refractivity contribution in [3.8, 4) is 5.75 Å². The first-order chi connectivity index (χ1) is 11.7. The lowest BCUT2D eigenvalue weighted by molar-refractivity contribution is 0.317. The van der Waals surface area contributed by atoms with Crippen LogP contribution in [-0.4, -0.2) is 12.8 Å². The molecule has 0 bridgehead atoms. The van der Waals surface area contributed by atoms with Crippen LogP contribution in [0.1, 0.15) is 30.0 Å². The van der Waals surface area contributed by atoms with Crippen LogP contribution in [0.4, 0.5) is 5.69 Å². The maximum absolute atomic E-state index is 5.95. The molecule has 122 valence electrons.